The fourth-order valence-corrected chi connectivity index (χ4v) is 4.22. The molecule has 0 aromatic heterocycles. The summed E-state index contributed by atoms with van der Waals surface area (Å²) in [6, 6.07) is 35.7. The summed E-state index contributed by atoms with van der Waals surface area (Å²) < 4.78 is 19.2. The van der Waals surface area contributed by atoms with Gasteiger partial charge in [-0.1, -0.05) is 82.3 Å². The Labute approximate surface area is 227 Å². The molecular weight excluding hydrogens is 507 g/mol. The van der Waals surface area contributed by atoms with Crippen LogP contribution in [0.3, 0.4) is 0 Å². The van der Waals surface area contributed by atoms with Crippen molar-refractivity contribution in [1.82, 2.24) is 0 Å². The third kappa shape index (κ3) is 6.82. The molecule has 0 spiro atoms. The number of carbonyl (C=O) groups excluding carboxylic acids is 1. The zero-order chi connectivity index (χ0) is 27.1. The van der Waals surface area contributed by atoms with Crippen LogP contribution in [0.25, 0.3) is 0 Å². The van der Waals surface area contributed by atoms with Gasteiger partial charge in [-0.3, -0.25) is 4.79 Å². The van der Waals surface area contributed by atoms with E-state index in [4.69, 9.17) is 13.3 Å². The van der Waals surface area contributed by atoms with Crippen LogP contribution in [0.15, 0.2) is 97.1 Å². The Morgan fingerprint density at radius 2 is 1.11 bits per heavy atom. The number of hydrogen-bond donors (Lipinski definition) is 0. The molecule has 37 heavy (non-hydrogen) atoms. The van der Waals surface area contributed by atoms with Gasteiger partial charge >= 0.3 is 25.5 Å². The topological polar surface area (TPSA) is 52.6 Å². The van der Waals surface area contributed by atoms with E-state index >= 15 is 0 Å². The molecule has 0 fully saturated rings. The van der Waals surface area contributed by atoms with Gasteiger partial charge < -0.3 is 9.47 Å². The summed E-state index contributed by atoms with van der Waals surface area (Å²) in [5, 5.41) is 0. The molecule has 5 heteroatoms. The number of esters is 1. The molecule has 4 rings (SSSR count). The molecule has 0 amide bonds. The monoisotopic (exact) mass is 538 g/mol. The van der Waals surface area contributed by atoms with Crippen molar-refractivity contribution in [1.29, 1.82) is 0 Å². The van der Waals surface area contributed by atoms with Crippen molar-refractivity contribution in [3.63, 3.8) is 0 Å². The minimum absolute atomic E-state index is 0.111. The zero-order valence-corrected chi connectivity index (χ0v) is 22.7. The summed E-state index contributed by atoms with van der Waals surface area (Å²) in [6.45, 7) is 10.2. The molecule has 0 unspecified atom stereocenters. The van der Waals surface area contributed by atoms with Crippen molar-refractivity contribution < 1.29 is 33.8 Å². The van der Waals surface area contributed by atoms with Crippen LogP contribution in [0, 0.1) is 6.07 Å². The summed E-state index contributed by atoms with van der Waals surface area (Å²) in [5.74, 6) is 1.68. The van der Waals surface area contributed by atoms with E-state index in [2.05, 4.69) is 91.9 Å². The maximum absolute atomic E-state index is 11.2. The molecule has 0 bridgehead atoms. The predicted octanol–water partition coefficient (Wildman–Crippen LogP) is 7.73. The Morgan fingerprint density at radius 3 is 1.59 bits per heavy atom. The zero-order valence-electron chi connectivity index (χ0n) is 21.7. The molecule has 0 radical (unpaired) electrons. The fourth-order valence-electron chi connectivity index (χ4n) is 4.22. The van der Waals surface area contributed by atoms with Crippen molar-refractivity contribution in [2.45, 2.75) is 45.4 Å². The van der Waals surface area contributed by atoms with Crippen LogP contribution in [-0.2, 0) is 35.2 Å². The van der Waals surface area contributed by atoms with E-state index in [1.165, 1.54) is 18.1 Å². The van der Waals surface area contributed by atoms with Crippen LogP contribution < -0.4 is 9.47 Å². The van der Waals surface area contributed by atoms with Crippen LogP contribution in [0.5, 0.6) is 17.2 Å². The number of rotatable bonds is 7. The van der Waals surface area contributed by atoms with Gasteiger partial charge in [-0.15, -0.1) is 17.7 Å². The van der Waals surface area contributed by atoms with Gasteiger partial charge in [-0.2, -0.15) is 12.1 Å². The van der Waals surface area contributed by atoms with Gasteiger partial charge in [0, 0.05) is 18.1 Å². The first-order valence-corrected chi connectivity index (χ1v) is 12.4. The van der Waals surface area contributed by atoms with E-state index in [-0.39, 0.29) is 16.8 Å². The molecule has 4 nitrogen and oxygen atoms in total. The minimum atomic E-state index is -0.320. The van der Waals surface area contributed by atoms with E-state index in [1.54, 1.807) is 0 Å². The summed E-state index contributed by atoms with van der Waals surface area (Å²) in [4.78, 5) is 11.2. The quantitative estimate of drug-likeness (QED) is 0.137. The van der Waals surface area contributed by atoms with Gasteiger partial charge in [0.05, 0.1) is 0 Å². The van der Waals surface area contributed by atoms with Crippen molar-refractivity contribution in [3.8, 4) is 17.2 Å². The Morgan fingerprint density at radius 1 is 0.649 bits per heavy atom. The molecule has 0 aliphatic heterocycles. The van der Waals surface area contributed by atoms with Crippen molar-refractivity contribution >= 4 is 5.97 Å². The molecular formula is C32H31CoO4-. The molecule has 0 aliphatic carbocycles. The van der Waals surface area contributed by atoms with Crippen LogP contribution in [0.1, 0.15) is 56.9 Å². The molecule has 0 saturated carbocycles. The van der Waals surface area contributed by atoms with Gasteiger partial charge in [0.25, 0.3) is 0 Å². The number of benzene rings is 4. The second kappa shape index (κ2) is 12.1. The Balaban J connectivity index is 0.00000186. The van der Waals surface area contributed by atoms with Gasteiger partial charge in [-0.25, -0.2) is 0 Å². The number of carbonyl (C=O) groups is 1. The number of ether oxygens (including phenoxy) is 2. The third-order valence-electron chi connectivity index (χ3n) is 6.64. The van der Waals surface area contributed by atoms with Crippen LogP contribution in [-0.4, -0.2) is 5.97 Å². The molecule has 0 heterocycles. The van der Waals surface area contributed by atoms with Gasteiger partial charge in [0.15, 0.2) is 0 Å². The first-order chi connectivity index (χ1) is 17.7. The van der Waals surface area contributed by atoms with E-state index in [1.807, 2.05) is 54.6 Å². The molecule has 0 N–H and O–H groups in total. The summed E-state index contributed by atoms with van der Waals surface area (Å²) >= 11 is 2.31. The Bertz CT molecular complexity index is 1290. The fraction of sp³-hybridized carbons (Fsp3) is 0.219. The van der Waals surface area contributed by atoms with Crippen LogP contribution in [0.2, 0.25) is 0 Å². The predicted molar refractivity (Wildman–Crippen MR) is 141 cm³/mol. The SMILES string of the molecule is CC(=O)Oc1ccc(C(C)(C)c2ccc(Oc3[c-]cc(C(C)(C)c4ccccc4)cc3)cc2)cc1.[O]=[Co]. The number of hydrogen-bond acceptors (Lipinski definition) is 4. The molecule has 0 atom stereocenters. The van der Waals surface area contributed by atoms with Gasteiger partial charge in [0.1, 0.15) is 11.5 Å². The summed E-state index contributed by atoms with van der Waals surface area (Å²) in [6.07, 6.45) is 0. The second-order valence-corrected chi connectivity index (χ2v) is 9.80. The Hall–Kier alpha value is -3.54. The van der Waals surface area contributed by atoms with E-state index < -0.39 is 0 Å². The summed E-state index contributed by atoms with van der Waals surface area (Å²) in [5.41, 5.74) is 4.42. The molecule has 4 aromatic rings. The average Bonchev–Trinajstić information content (AvgIpc) is 2.91. The normalized spacial score (nSPS) is 11.2. The van der Waals surface area contributed by atoms with Crippen molar-refractivity contribution in [2.24, 2.45) is 0 Å². The van der Waals surface area contributed by atoms with Gasteiger partial charge in [0.2, 0.25) is 0 Å². The molecule has 4 aromatic carbocycles. The van der Waals surface area contributed by atoms with Crippen LogP contribution >= 0.6 is 0 Å². The second-order valence-electron chi connectivity index (χ2n) is 9.80. The van der Waals surface area contributed by atoms with E-state index in [9.17, 15) is 4.79 Å². The average molecular weight is 539 g/mol. The van der Waals surface area contributed by atoms with Crippen molar-refractivity contribution in [3.05, 3.63) is 125 Å². The Kier molecular flexibility index (Phi) is 9.19. The molecule has 0 saturated heterocycles. The van der Waals surface area contributed by atoms with Gasteiger partial charge in [-0.05, 0) is 46.4 Å². The van der Waals surface area contributed by atoms with Crippen LogP contribution in [0.4, 0.5) is 0 Å². The van der Waals surface area contributed by atoms with Crippen molar-refractivity contribution in [2.75, 3.05) is 0 Å². The third-order valence-corrected chi connectivity index (χ3v) is 6.64. The standard InChI is InChI=1S/C32H31O3.Co.O/c1-23(33)34-28-17-11-26(12-18-28)32(4,5)27-15-21-30(22-16-27)35-29-19-13-25(14-20-29)31(2,3)24-9-7-6-8-10-24;;/h6-19,21-22H,1-5H3;;/q-1;;. The van der Waals surface area contributed by atoms with E-state index in [0.29, 0.717) is 11.5 Å². The molecule has 0 aliphatic rings. The molecule has 193 valence electrons. The maximum atomic E-state index is 11.2. The van der Waals surface area contributed by atoms with E-state index in [0.717, 1.165) is 16.9 Å². The first-order valence-electron chi connectivity index (χ1n) is 11.9. The first kappa shape index (κ1) is 28.0. The summed E-state index contributed by atoms with van der Waals surface area (Å²) in [7, 11) is 0.